The molecule has 3 N–H and O–H groups in total. The Morgan fingerprint density at radius 2 is 2.19 bits per heavy atom. The molecule has 0 radical (unpaired) electrons. The zero-order valence-corrected chi connectivity index (χ0v) is 18.4. The third-order valence-electron chi connectivity index (χ3n) is 4.61. The van der Waals surface area contributed by atoms with Crippen LogP contribution in [-0.4, -0.2) is 31.5 Å². The number of rotatable bonds is 7. The summed E-state index contributed by atoms with van der Waals surface area (Å²) < 4.78 is 13.5. The molecular formula is C22H22N6O3S. The number of aryl methyl sites for hydroxylation is 1. The Hall–Kier alpha value is -3.71. The van der Waals surface area contributed by atoms with E-state index in [1.165, 1.54) is 24.4 Å². The first-order valence-electron chi connectivity index (χ1n) is 9.98. The molecule has 9 nitrogen and oxygen atoms in total. The highest BCUT2D eigenvalue weighted by Gasteiger charge is 2.26. The van der Waals surface area contributed by atoms with Gasteiger partial charge in [-0.05, 0) is 31.7 Å². The number of nitrogens with one attached hydrogen (secondary N) is 1. The van der Waals surface area contributed by atoms with Crippen LogP contribution in [0.25, 0.3) is 11.2 Å². The highest BCUT2D eigenvalue weighted by Crippen LogP contribution is 2.39. The van der Waals surface area contributed by atoms with Crippen LogP contribution < -0.4 is 11.1 Å². The zero-order chi connectivity index (χ0) is 22.7. The number of nitrogens with two attached hydrogens (primary N) is 1. The molecule has 0 bridgehead atoms. The number of aromatic nitrogens is 4. The van der Waals surface area contributed by atoms with Gasteiger partial charge in [-0.25, -0.2) is 15.0 Å². The van der Waals surface area contributed by atoms with Crippen molar-refractivity contribution in [3.05, 3.63) is 53.1 Å². The number of hydrogen-bond donors (Lipinski definition) is 2. The molecule has 0 saturated carbocycles. The van der Waals surface area contributed by atoms with Gasteiger partial charge >= 0.3 is 0 Å². The highest BCUT2D eigenvalue weighted by molar-refractivity contribution is 8.02. The Kier molecular flexibility index (Phi) is 6.18. The number of anilines is 1. The Bertz CT molecular complexity index is 1230. The van der Waals surface area contributed by atoms with E-state index in [2.05, 4.69) is 26.2 Å². The lowest BCUT2D eigenvalue weighted by Gasteiger charge is -2.14. The number of carbonyl (C=O) groups excluding carboxylic acids is 1. The number of ether oxygens (including phenoxy) is 2. The second-order valence-electron chi connectivity index (χ2n) is 7.31. The number of nitrogen functional groups attached to an aromatic ring is 1. The molecule has 1 aromatic carbocycles. The first-order chi connectivity index (χ1) is 15.5. The number of nitrogens with zero attached hydrogens (tertiary/aromatic N) is 4. The number of amides is 1. The van der Waals surface area contributed by atoms with E-state index in [1.807, 2.05) is 42.7 Å². The molecule has 1 aliphatic heterocycles. The summed E-state index contributed by atoms with van der Waals surface area (Å²) in [5.41, 5.74) is 8.46. The Morgan fingerprint density at radius 3 is 2.97 bits per heavy atom. The number of benzene rings is 1. The van der Waals surface area contributed by atoms with Gasteiger partial charge in [0.1, 0.15) is 12.6 Å². The van der Waals surface area contributed by atoms with Gasteiger partial charge in [-0.2, -0.15) is 0 Å². The second kappa shape index (κ2) is 9.20. The molecule has 0 saturated heterocycles. The fraction of sp³-hybridized carbons (Fsp3) is 0.273. The fourth-order valence-corrected chi connectivity index (χ4v) is 4.05. The van der Waals surface area contributed by atoms with Crippen LogP contribution in [0.15, 0.2) is 47.1 Å². The molecule has 2 aromatic heterocycles. The van der Waals surface area contributed by atoms with Crippen molar-refractivity contribution in [2.45, 2.75) is 44.3 Å². The summed E-state index contributed by atoms with van der Waals surface area (Å²) in [7, 11) is 0. The largest absolute Gasteiger partial charge is 0.454 e. The maximum absolute atomic E-state index is 12.2. The Labute approximate surface area is 189 Å². The molecule has 4 rings (SSSR count). The van der Waals surface area contributed by atoms with Gasteiger partial charge < -0.3 is 25.1 Å². The molecule has 3 aromatic rings. The third-order valence-corrected chi connectivity index (χ3v) is 5.50. The standard InChI is InChI=1S/C22H22N6O3S/c1-4-14-7-5-6-8-15(14)21-30-11-17(31-21)32-22-27-18-19(23)24-12-25-20(18)28(22)10-9-16(29)26-13(2)3/h1,5-8,11-13,21H,9-10H2,2-3H3,(H,26,29)(H2,23,24,25). The lowest BCUT2D eigenvalue weighted by molar-refractivity contribution is -0.121. The maximum Gasteiger partial charge on any atom is 0.269 e. The Balaban J connectivity index is 1.56. The molecule has 0 fully saturated rings. The van der Waals surface area contributed by atoms with Gasteiger partial charge in [0.05, 0.1) is 0 Å². The summed E-state index contributed by atoms with van der Waals surface area (Å²) in [5.74, 6) is 2.84. The molecular weight excluding hydrogens is 428 g/mol. The summed E-state index contributed by atoms with van der Waals surface area (Å²) in [6.07, 6.45) is 8.09. The van der Waals surface area contributed by atoms with Gasteiger partial charge in [-0.15, -0.1) is 6.42 Å². The van der Waals surface area contributed by atoms with Crippen molar-refractivity contribution in [3.63, 3.8) is 0 Å². The quantitative estimate of drug-likeness (QED) is 0.528. The van der Waals surface area contributed by atoms with Crippen LogP contribution >= 0.6 is 11.8 Å². The lowest BCUT2D eigenvalue weighted by atomic mass is 10.1. The van der Waals surface area contributed by atoms with Crippen LogP contribution in [-0.2, 0) is 20.8 Å². The zero-order valence-electron chi connectivity index (χ0n) is 17.6. The maximum atomic E-state index is 12.2. The molecule has 1 aliphatic rings. The number of terminal acetylenes is 1. The van der Waals surface area contributed by atoms with E-state index in [9.17, 15) is 4.79 Å². The number of thioether (sulfide) groups is 1. The van der Waals surface area contributed by atoms with E-state index in [4.69, 9.17) is 21.6 Å². The summed E-state index contributed by atoms with van der Waals surface area (Å²) in [6, 6.07) is 7.49. The van der Waals surface area contributed by atoms with Crippen LogP contribution in [0, 0.1) is 12.3 Å². The predicted octanol–water partition coefficient (Wildman–Crippen LogP) is 2.94. The number of fused-ring (bicyclic) bond motifs is 1. The van der Waals surface area contributed by atoms with E-state index in [0.717, 1.165) is 5.56 Å². The van der Waals surface area contributed by atoms with Crippen LogP contribution in [0.5, 0.6) is 0 Å². The SMILES string of the molecule is C#Cc1ccccc1C1OC=C(Sc2nc3c(N)ncnc3n2CCC(=O)NC(C)C)O1. The van der Waals surface area contributed by atoms with Gasteiger partial charge in [0.2, 0.25) is 11.0 Å². The molecule has 0 aliphatic carbocycles. The highest BCUT2D eigenvalue weighted by atomic mass is 32.2. The van der Waals surface area contributed by atoms with Crippen molar-refractivity contribution in [1.82, 2.24) is 24.8 Å². The van der Waals surface area contributed by atoms with Gasteiger partial charge in [0, 0.05) is 30.1 Å². The van der Waals surface area contributed by atoms with Crippen molar-refractivity contribution in [3.8, 4) is 12.3 Å². The fourth-order valence-electron chi connectivity index (χ4n) is 3.21. The monoisotopic (exact) mass is 450 g/mol. The van der Waals surface area contributed by atoms with Crippen molar-refractivity contribution in [2.75, 3.05) is 5.73 Å². The Morgan fingerprint density at radius 1 is 1.38 bits per heavy atom. The first-order valence-corrected chi connectivity index (χ1v) is 10.8. The molecule has 164 valence electrons. The molecule has 1 atom stereocenters. The molecule has 1 amide bonds. The van der Waals surface area contributed by atoms with E-state index in [1.54, 1.807) is 0 Å². The van der Waals surface area contributed by atoms with Gasteiger partial charge in [0.15, 0.2) is 22.1 Å². The molecule has 32 heavy (non-hydrogen) atoms. The number of imidazole rings is 1. The molecule has 10 heteroatoms. The van der Waals surface area contributed by atoms with Crippen molar-refractivity contribution in [2.24, 2.45) is 0 Å². The smallest absolute Gasteiger partial charge is 0.269 e. The number of hydrogen-bond acceptors (Lipinski definition) is 8. The molecule has 0 spiro atoms. The van der Waals surface area contributed by atoms with Crippen molar-refractivity contribution < 1.29 is 14.3 Å². The predicted molar refractivity (Wildman–Crippen MR) is 121 cm³/mol. The summed E-state index contributed by atoms with van der Waals surface area (Å²) in [5, 5.41) is 3.94. The average Bonchev–Trinajstić information content (AvgIpc) is 3.37. The van der Waals surface area contributed by atoms with Crippen LogP contribution in [0.1, 0.15) is 37.7 Å². The van der Waals surface area contributed by atoms with E-state index in [-0.39, 0.29) is 24.2 Å². The minimum Gasteiger partial charge on any atom is -0.454 e. The van der Waals surface area contributed by atoms with Crippen LogP contribution in [0.3, 0.4) is 0 Å². The van der Waals surface area contributed by atoms with E-state index < -0.39 is 6.29 Å². The normalized spacial score (nSPS) is 15.2. The summed E-state index contributed by atoms with van der Waals surface area (Å²) in [4.78, 5) is 25.1. The minimum absolute atomic E-state index is 0.0610. The first kappa shape index (κ1) is 21.5. The molecule has 1 unspecified atom stereocenters. The molecule has 3 heterocycles. The van der Waals surface area contributed by atoms with Crippen molar-refractivity contribution >= 4 is 34.7 Å². The van der Waals surface area contributed by atoms with Crippen LogP contribution in [0.4, 0.5) is 5.82 Å². The lowest BCUT2D eigenvalue weighted by Crippen LogP contribution is -2.30. The minimum atomic E-state index is -0.649. The second-order valence-corrected chi connectivity index (χ2v) is 8.28. The third kappa shape index (κ3) is 4.48. The number of carbonyl (C=O) groups is 1. The summed E-state index contributed by atoms with van der Waals surface area (Å²) >= 11 is 1.25. The van der Waals surface area contributed by atoms with Crippen molar-refractivity contribution in [1.29, 1.82) is 0 Å². The average molecular weight is 451 g/mol. The topological polar surface area (TPSA) is 117 Å². The van der Waals surface area contributed by atoms with Gasteiger partial charge in [-0.1, -0.05) is 24.1 Å². The van der Waals surface area contributed by atoms with E-state index in [0.29, 0.717) is 33.5 Å². The summed E-state index contributed by atoms with van der Waals surface area (Å²) in [6.45, 7) is 4.20. The van der Waals surface area contributed by atoms with Crippen LogP contribution in [0.2, 0.25) is 0 Å². The van der Waals surface area contributed by atoms with Gasteiger partial charge in [-0.3, -0.25) is 4.79 Å². The van der Waals surface area contributed by atoms with Gasteiger partial charge in [0.25, 0.3) is 6.29 Å². The van der Waals surface area contributed by atoms with E-state index >= 15 is 0 Å².